The van der Waals surface area contributed by atoms with Crippen LogP contribution in [-0.4, -0.2) is 19.0 Å². The summed E-state index contributed by atoms with van der Waals surface area (Å²) in [6, 6.07) is 1.90. The van der Waals surface area contributed by atoms with Gasteiger partial charge in [-0.3, -0.25) is 4.79 Å². The van der Waals surface area contributed by atoms with E-state index in [0.717, 1.165) is 19.6 Å². The van der Waals surface area contributed by atoms with Gasteiger partial charge >= 0.3 is 0 Å². The van der Waals surface area contributed by atoms with Crippen LogP contribution in [0.25, 0.3) is 0 Å². The van der Waals surface area contributed by atoms with Gasteiger partial charge in [0.1, 0.15) is 6.54 Å². The van der Waals surface area contributed by atoms with Gasteiger partial charge in [0, 0.05) is 10.9 Å². The Balaban J connectivity index is 2.63. The molecule has 0 saturated carbocycles. The Kier molecular flexibility index (Phi) is 4.10. The molecule has 3 N–H and O–H groups in total. The Morgan fingerprint density at radius 1 is 1.50 bits per heavy atom. The number of rotatable bonds is 5. The first kappa shape index (κ1) is 11.2. The number of quaternary nitrogens is 1. The first-order valence-electron chi connectivity index (χ1n) is 4.88. The summed E-state index contributed by atoms with van der Waals surface area (Å²) >= 11 is 1.43. The Morgan fingerprint density at radius 3 is 2.57 bits per heavy atom. The highest BCUT2D eigenvalue weighted by atomic mass is 32.1. The Labute approximate surface area is 88.5 Å². The molecule has 1 aromatic rings. The fourth-order valence-electron chi connectivity index (χ4n) is 1.39. The van der Waals surface area contributed by atoms with E-state index in [4.69, 9.17) is 5.73 Å². The molecule has 0 aromatic carbocycles. The van der Waals surface area contributed by atoms with Gasteiger partial charge in [0.25, 0.3) is 5.91 Å². The Bertz CT molecular complexity index is 305. The van der Waals surface area contributed by atoms with E-state index in [9.17, 15) is 4.79 Å². The molecule has 0 radical (unpaired) electrons. The standard InChI is InChI=1S/C10H16N2OS/c1-3-12(4-2)6-8-5-9(10(11)13)14-7-8/h5,7H,3-4,6H2,1-2H3,(H2,11,13)/p+1. The van der Waals surface area contributed by atoms with E-state index in [1.807, 2.05) is 11.4 Å². The Hall–Kier alpha value is -0.870. The van der Waals surface area contributed by atoms with Crippen LogP contribution in [0.3, 0.4) is 0 Å². The number of amides is 1. The summed E-state index contributed by atoms with van der Waals surface area (Å²) in [6.07, 6.45) is 0. The zero-order valence-electron chi connectivity index (χ0n) is 8.67. The normalized spacial score (nSPS) is 10.8. The second kappa shape index (κ2) is 5.12. The topological polar surface area (TPSA) is 47.5 Å². The number of carbonyl (C=O) groups excluding carboxylic acids is 1. The molecule has 0 fully saturated rings. The second-order valence-electron chi connectivity index (χ2n) is 3.32. The Morgan fingerprint density at radius 2 is 2.14 bits per heavy atom. The first-order chi connectivity index (χ1) is 6.67. The molecule has 1 amide bonds. The summed E-state index contributed by atoms with van der Waals surface area (Å²) in [4.78, 5) is 13.0. The van der Waals surface area contributed by atoms with Crippen molar-refractivity contribution in [2.24, 2.45) is 5.73 Å². The summed E-state index contributed by atoms with van der Waals surface area (Å²) in [6.45, 7) is 7.54. The van der Waals surface area contributed by atoms with Crippen molar-refractivity contribution >= 4 is 17.2 Å². The number of nitrogens with one attached hydrogen (secondary N) is 1. The summed E-state index contributed by atoms with van der Waals surface area (Å²) in [5, 5.41) is 2.02. The first-order valence-corrected chi connectivity index (χ1v) is 5.76. The van der Waals surface area contributed by atoms with Crippen molar-refractivity contribution < 1.29 is 9.69 Å². The van der Waals surface area contributed by atoms with Gasteiger partial charge in [0.2, 0.25) is 0 Å². The summed E-state index contributed by atoms with van der Waals surface area (Å²) in [7, 11) is 0. The number of hydrogen-bond acceptors (Lipinski definition) is 2. The molecule has 0 spiro atoms. The molecular formula is C10H17N2OS+. The van der Waals surface area contributed by atoms with Gasteiger partial charge in [-0.25, -0.2) is 0 Å². The minimum Gasteiger partial charge on any atom is -0.365 e. The largest absolute Gasteiger partial charge is 0.365 e. The van der Waals surface area contributed by atoms with Crippen molar-refractivity contribution in [2.75, 3.05) is 13.1 Å². The highest BCUT2D eigenvalue weighted by molar-refractivity contribution is 7.12. The lowest BCUT2D eigenvalue weighted by Gasteiger charge is -2.13. The van der Waals surface area contributed by atoms with Crippen LogP contribution in [0.2, 0.25) is 0 Å². The molecule has 4 heteroatoms. The van der Waals surface area contributed by atoms with Gasteiger partial charge in [-0.1, -0.05) is 0 Å². The molecule has 0 saturated heterocycles. The number of thiophene rings is 1. The van der Waals surface area contributed by atoms with E-state index in [1.165, 1.54) is 21.8 Å². The molecule has 3 nitrogen and oxygen atoms in total. The van der Waals surface area contributed by atoms with E-state index < -0.39 is 0 Å². The predicted molar refractivity (Wildman–Crippen MR) is 58.6 cm³/mol. The van der Waals surface area contributed by atoms with E-state index in [1.54, 1.807) is 0 Å². The molecule has 0 aliphatic carbocycles. The SMILES string of the molecule is CC[NH+](CC)Cc1csc(C(N)=O)c1. The van der Waals surface area contributed by atoms with Gasteiger partial charge in [0.15, 0.2) is 0 Å². The van der Waals surface area contributed by atoms with Gasteiger partial charge in [0.05, 0.1) is 18.0 Å². The average molecular weight is 213 g/mol. The third-order valence-electron chi connectivity index (χ3n) is 2.35. The summed E-state index contributed by atoms with van der Waals surface area (Å²) in [5.41, 5.74) is 6.40. The molecule has 0 bridgehead atoms. The molecule has 0 aliphatic rings. The quantitative estimate of drug-likeness (QED) is 0.725. The number of carbonyl (C=O) groups is 1. The molecule has 78 valence electrons. The maximum atomic E-state index is 10.9. The van der Waals surface area contributed by atoms with Crippen LogP contribution in [0.4, 0.5) is 0 Å². The van der Waals surface area contributed by atoms with Crippen LogP contribution in [-0.2, 0) is 6.54 Å². The van der Waals surface area contributed by atoms with Crippen molar-refractivity contribution in [1.82, 2.24) is 0 Å². The fourth-order valence-corrected chi connectivity index (χ4v) is 2.15. The van der Waals surface area contributed by atoms with Crippen LogP contribution in [0.5, 0.6) is 0 Å². The molecule has 0 atom stereocenters. The molecule has 0 unspecified atom stereocenters. The smallest absolute Gasteiger partial charge is 0.258 e. The van der Waals surface area contributed by atoms with Crippen molar-refractivity contribution in [3.05, 3.63) is 21.9 Å². The highest BCUT2D eigenvalue weighted by Crippen LogP contribution is 2.12. The average Bonchev–Trinajstić information content (AvgIpc) is 2.62. The molecule has 1 rings (SSSR count). The predicted octanol–water partition coefficient (Wildman–Crippen LogP) is 0.272. The van der Waals surface area contributed by atoms with Gasteiger partial charge in [-0.2, -0.15) is 0 Å². The van der Waals surface area contributed by atoms with Gasteiger partial charge in [-0.05, 0) is 19.9 Å². The van der Waals surface area contributed by atoms with E-state index in [-0.39, 0.29) is 5.91 Å². The molecule has 1 heterocycles. The maximum Gasteiger partial charge on any atom is 0.258 e. The van der Waals surface area contributed by atoms with E-state index in [2.05, 4.69) is 13.8 Å². The number of hydrogen-bond donors (Lipinski definition) is 2. The second-order valence-corrected chi connectivity index (χ2v) is 4.23. The maximum absolute atomic E-state index is 10.9. The highest BCUT2D eigenvalue weighted by Gasteiger charge is 2.09. The molecule has 1 aromatic heterocycles. The van der Waals surface area contributed by atoms with E-state index >= 15 is 0 Å². The van der Waals surface area contributed by atoms with Gasteiger partial charge < -0.3 is 10.6 Å². The lowest BCUT2D eigenvalue weighted by molar-refractivity contribution is -0.910. The third-order valence-corrected chi connectivity index (χ3v) is 3.34. The summed E-state index contributed by atoms with van der Waals surface area (Å²) < 4.78 is 0. The van der Waals surface area contributed by atoms with Crippen LogP contribution < -0.4 is 10.6 Å². The van der Waals surface area contributed by atoms with Crippen LogP contribution in [0.15, 0.2) is 11.4 Å². The zero-order chi connectivity index (χ0) is 10.6. The molecule has 14 heavy (non-hydrogen) atoms. The lowest BCUT2D eigenvalue weighted by atomic mass is 10.3. The van der Waals surface area contributed by atoms with E-state index in [0.29, 0.717) is 4.88 Å². The number of primary amides is 1. The minimum atomic E-state index is -0.323. The van der Waals surface area contributed by atoms with Gasteiger partial charge in [-0.15, -0.1) is 11.3 Å². The van der Waals surface area contributed by atoms with Crippen molar-refractivity contribution in [3.8, 4) is 0 Å². The van der Waals surface area contributed by atoms with Crippen molar-refractivity contribution in [3.63, 3.8) is 0 Å². The minimum absolute atomic E-state index is 0.323. The molecule has 0 aliphatic heterocycles. The van der Waals surface area contributed by atoms with Crippen molar-refractivity contribution in [2.45, 2.75) is 20.4 Å². The van der Waals surface area contributed by atoms with Crippen LogP contribution in [0.1, 0.15) is 29.1 Å². The van der Waals surface area contributed by atoms with Crippen LogP contribution >= 0.6 is 11.3 Å². The lowest BCUT2D eigenvalue weighted by Crippen LogP contribution is -3.10. The fraction of sp³-hybridized carbons (Fsp3) is 0.500. The molecular weight excluding hydrogens is 196 g/mol. The third kappa shape index (κ3) is 2.82. The van der Waals surface area contributed by atoms with Crippen molar-refractivity contribution in [1.29, 1.82) is 0 Å². The summed E-state index contributed by atoms with van der Waals surface area (Å²) in [5.74, 6) is -0.323. The number of nitrogens with two attached hydrogens (primary N) is 1. The van der Waals surface area contributed by atoms with Crippen LogP contribution in [0, 0.1) is 0 Å². The monoisotopic (exact) mass is 213 g/mol. The zero-order valence-corrected chi connectivity index (χ0v) is 9.49.